The van der Waals surface area contributed by atoms with E-state index in [-0.39, 0.29) is 24.4 Å². The van der Waals surface area contributed by atoms with Crippen LogP contribution >= 0.6 is 0 Å². The van der Waals surface area contributed by atoms with Crippen LogP contribution in [0.25, 0.3) is 0 Å². The van der Waals surface area contributed by atoms with Gasteiger partial charge in [0.2, 0.25) is 5.91 Å². The highest BCUT2D eigenvalue weighted by atomic mass is 16.6. The maximum absolute atomic E-state index is 13.4. The van der Waals surface area contributed by atoms with Crippen LogP contribution in [0.1, 0.15) is 45.2 Å². The zero-order valence-corrected chi connectivity index (χ0v) is 19.5. The molecule has 1 aliphatic rings. The third-order valence-electron chi connectivity index (χ3n) is 5.01. The number of carbonyl (C=O) groups excluding carboxylic acids is 3. The highest BCUT2D eigenvalue weighted by Gasteiger charge is 2.41. The summed E-state index contributed by atoms with van der Waals surface area (Å²) in [5, 5.41) is 5.42. The van der Waals surface area contributed by atoms with Gasteiger partial charge in [0.15, 0.2) is 0 Å². The summed E-state index contributed by atoms with van der Waals surface area (Å²) in [6.45, 7) is 4.99. The lowest BCUT2D eigenvalue weighted by atomic mass is 10.0. The molecule has 1 unspecified atom stereocenters. The van der Waals surface area contributed by atoms with E-state index in [2.05, 4.69) is 10.6 Å². The topological polar surface area (TPSA) is 97.0 Å². The van der Waals surface area contributed by atoms with Crippen molar-refractivity contribution in [3.05, 3.63) is 60.2 Å². The average Bonchev–Trinajstić information content (AvgIpc) is 3.60. The van der Waals surface area contributed by atoms with Gasteiger partial charge in [-0.2, -0.15) is 0 Å². The fourth-order valence-electron chi connectivity index (χ4n) is 3.42. The molecule has 2 aromatic rings. The van der Waals surface area contributed by atoms with Crippen molar-refractivity contribution < 1.29 is 23.9 Å². The Bertz CT molecular complexity index is 966. The molecular weight excluding hydrogens is 422 g/mol. The van der Waals surface area contributed by atoms with Crippen LogP contribution in [0.3, 0.4) is 0 Å². The summed E-state index contributed by atoms with van der Waals surface area (Å²) >= 11 is 0. The molecule has 33 heavy (non-hydrogen) atoms. The molecule has 3 amide bonds. The van der Waals surface area contributed by atoms with E-state index in [9.17, 15) is 14.4 Å². The molecule has 176 valence electrons. The lowest BCUT2D eigenvalue weighted by Gasteiger charge is -2.32. The smallest absolute Gasteiger partial charge is 0.408 e. The molecule has 0 spiro atoms. The monoisotopic (exact) mass is 453 g/mol. The van der Waals surface area contributed by atoms with E-state index in [1.807, 2.05) is 30.3 Å². The second-order valence-electron chi connectivity index (χ2n) is 8.92. The number of amides is 3. The first kappa shape index (κ1) is 24.1. The largest absolute Gasteiger partial charge is 0.497 e. The maximum atomic E-state index is 13.4. The predicted octanol–water partition coefficient (Wildman–Crippen LogP) is 3.89. The zero-order chi connectivity index (χ0) is 24.0. The van der Waals surface area contributed by atoms with Crippen molar-refractivity contribution in [2.24, 2.45) is 0 Å². The molecule has 0 radical (unpaired) electrons. The van der Waals surface area contributed by atoms with Crippen molar-refractivity contribution in [1.29, 1.82) is 0 Å². The summed E-state index contributed by atoms with van der Waals surface area (Å²) in [6.07, 6.45) is 0.930. The summed E-state index contributed by atoms with van der Waals surface area (Å²) in [6, 6.07) is 15.2. The molecule has 0 bridgehead atoms. The van der Waals surface area contributed by atoms with Crippen LogP contribution in [0.5, 0.6) is 5.75 Å². The van der Waals surface area contributed by atoms with E-state index in [1.54, 1.807) is 57.0 Å². The lowest BCUT2D eigenvalue weighted by molar-refractivity contribution is -0.138. The van der Waals surface area contributed by atoms with E-state index < -0.39 is 17.7 Å². The van der Waals surface area contributed by atoms with E-state index in [0.717, 1.165) is 12.8 Å². The van der Waals surface area contributed by atoms with Gasteiger partial charge in [-0.05, 0) is 63.4 Å². The first-order valence-corrected chi connectivity index (χ1v) is 11.0. The third kappa shape index (κ3) is 6.97. The molecule has 0 heterocycles. The Kier molecular flexibility index (Phi) is 7.58. The van der Waals surface area contributed by atoms with Crippen LogP contribution in [0.4, 0.5) is 10.5 Å². The van der Waals surface area contributed by atoms with Crippen molar-refractivity contribution in [3.63, 3.8) is 0 Å². The van der Waals surface area contributed by atoms with Gasteiger partial charge in [0, 0.05) is 11.7 Å². The Hall–Kier alpha value is -3.55. The SMILES string of the molecule is COc1ccc(NC(=O)C(c2ccccc2)N(C(=O)CNC(=O)OC(C)(C)C)C2CC2)cc1. The lowest BCUT2D eigenvalue weighted by Crippen LogP contribution is -2.47. The Morgan fingerprint density at radius 2 is 1.67 bits per heavy atom. The Morgan fingerprint density at radius 3 is 2.21 bits per heavy atom. The van der Waals surface area contributed by atoms with Gasteiger partial charge >= 0.3 is 6.09 Å². The average molecular weight is 454 g/mol. The number of alkyl carbamates (subject to hydrolysis) is 1. The van der Waals surface area contributed by atoms with E-state index in [4.69, 9.17) is 9.47 Å². The number of methoxy groups -OCH3 is 1. The number of anilines is 1. The van der Waals surface area contributed by atoms with Crippen LogP contribution in [0.15, 0.2) is 54.6 Å². The second-order valence-corrected chi connectivity index (χ2v) is 8.92. The van der Waals surface area contributed by atoms with Crippen molar-refractivity contribution in [2.45, 2.75) is 51.3 Å². The summed E-state index contributed by atoms with van der Waals surface area (Å²) in [5.41, 5.74) is 0.617. The number of carbonyl (C=O) groups is 3. The van der Waals surface area contributed by atoms with Crippen LogP contribution in [0.2, 0.25) is 0 Å². The molecule has 8 heteroatoms. The Balaban J connectivity index is 1.80. The molecule has 1 atom stereocenters. The summed E-state index contributed by atoms with van der Waals surface area (Å²) < 4.78 is 10.4. The van der Waals surface area contributed by atoms with E-state index in [1.165, 1.54) is 0 Å². The Morgan fingerprint density at radius 1 is 1.03 bits per heavy atom. The highest BCUT2D eigenvalue weighted by Crippen LogP contribution is 2.35. The van der Waals surface area contributed by atoms with Crippen LogP contribution in [-0.2, 0) is 14.3 Å². The van der Waals surface area contributed by atoms with Crippen molar-refractivity contribution in [1.82, 2.24) is 10.2 Å². The molecule has 8 nitrogen and oxygen atoms in total. The number of hydrogen-bond acceptors (Lipinski definition) is 5. The van der Waals surface area contributed by atoms with E-state index in [0.29, 0.717) is 17.0 Å². The molecule has 1 fully saturated rings. The number of rotatable bonds is 8. The molecule has 1 aliphatic carbocycles. The number of hydrogen-bond donors (Lipinski definition) is 2. The highest BCUT2D eigenvalue weighted by molar-refractivity contribution is 5.98. The van der Waals surface area contributed by atoms with E-state index >= 15 is 0 Å². The third-order valence-corrected chi connectivity index (χ3v) is 5.01. The molecule has 2 aromatic carbocycles. The molecule has 0 aliphatic heterocycles. The quantitative estimate of drug-likeness (QED) is 0.632. The van der Waals surface area contributed by atoms with Gasteiger partial charge in [0.25, 0.3) is 5.91 Å². The fraction of sp³-hybridized carbons (Fsp3) is 0.400. The normalized spacial score (nSPS) is 14.1. The van der Waals surface area contributed by atoms with Gasteiger partial charge in [-0.3, -0.25) is 9.59 Å². The molecule has 0 aromatic heterocycles. The van der Waals surface area contributed by atoms with Crippen molar-refractivity contribution in [2.75, 3.05) is 19.0 Å². The van der Waals surface area contributed by atoms with Crippen molar-refractivity contribution in [3.8, 4) is 5.75 Å². The summed E-state index contributed by atoms with van der Waals surface area (Å²) in [7, 11) is 1.57. The molecule has 3 rings (SSSR count). The number of benzene rings is 2. The number of ether oxygens (including phenoxy) is 2. The second kappa shape index (κ2) is 10.4. The Labute approximate surface area is 194 Å². The van der Waals surface area contributed by atoms with Crippen LogP contribution in [0, 0.1) is 0 Å². The van der Waals surface area contributed by atoms with Gasteiger partial charge in [-0.25, -0.2) is 4.79 Å². The molecular formula is C25H31N3O5. The minimum atomic E-state index is -0.839. The molecule has 0 saturated heterocycles. The minimum absolute atomic E-state index is 0.0650. The van der Waals surface area contributed by atoms with Gasteiger partial charge in [-0.15, -0.1) is 0 Å². The van der Waals surface area contributed by atoms with Crippen LogP contribution < -0.4 is 15.4 Å². The van der Waals surface area contributed by atoms with Gasteiger partial charge in [0.1, 0.15) is 23.9 Å². The van der Waals surface area contributed by atoms with Crippen LogP contribution in [-0.4, -0.2) is 48.1 Å². The summed E-state index contributed by atoms with van der Waals surface area (Å²) in [5.74, 6) is 0.00147. The molecule has 2 N–H and O–H groups in total. The predicted molar refractivity (Wildman–Crippen MR) is 125 cm³/mol. The zero-order valence-electron chi connectivity index (χ0n) is 19.5. The first-order valence-electron chi connectivity index (χ1n) is 11.0. The van der Waals surface area contributed by atoms with Gasteiger partial charge < -0.3 is 25.0 Å². The summed E-state index contributed by atoms with van der Waals surface area (Å²) in [4.78, 5) is 40.3. The maximum Gasteiger partial charge on any atom is 0.408 e. The first-order chi connectivity index (χ1) is 15.7. The van der Waals surface area contributed by atoms with Crippen molar-refractivity contribution >= 4 is 23.6 Å². The fourth-order valence-corrected chi connectivity index (χ4v) is 3.42. The van der Waals surface area contributed by atoms with Gasteiger partial charge in [0.05, 0.1) is 7.11 Å². The standard InChI is InChI=1S/C25H31N3O5/c1-25(2,3)33-24(31)26-16-21(29)28(19-12-13-19)22(17-8-6-5-7-9-17)23(30)27-18-10-14-20(32-4)15-11-18/h5-11,14-15,19,22H,12-13,16H2,1-4H3,(H,26,31)(H,27,30). The molecule has 1 saturated carbocycles. The number of nitrogens with one attached hydrogen (secondary N) is 2. The van der Waals surface area contributed by atoms with Gasteiger partial charge in [-0.1, -0.05) is 30.3 Å². The number of nitrogens with zero attached hydrogens (tertiary/aromatic N) is 1. The minimum Gasteiger partial charge on any atom is -0.497 e.